The second kappa shape index (κ2) is 8.02. The molecule has 0 aliphatic rings. The summed E-state index contributed by atoms with van der Waals surface area (Å²) in [6.45, 7) is 12.2. The molecule has 4 nitrogen and oxygen atoms in total. The van der Waals surface area contributed by atoms with Crippen molar-refractivity contribution in [2.75, 3.05) is 0 Å². The molecule has 0 spiro atoms. The first-order valence-corrected chi connectivity index (χ1v) is 5.89. The molecule has 0 fully saturated rings. The van der Waals surface area contributed by atoms with Gasteiger partial charge in [0, 0.05) is 17.8 Å². The van der Waals surface area contributed by atoms with Crippen molar-refractivity contribution in [3.8, 4) is 0 Å². The van der Waals surface area contributed by atoms with Crippen LogP contribution in [0.3, 0.4) is 0 Å². The fraction of sp³-hybridized carbons (Fsp3) is 0.750. The Kier molecular flexibility index (Phi) is 7.42. The second-order valence-electron chi connectivity index (χ2n) is 4.33. The lowest BCUT2D eigenvalue weighted by Crippen LogP contribution is -2.36. The van der Waals surface area contributed by atoms with Crippen molar-refractivity contribution < 1.29 is 4.84 Å². The molecule has 0 saturated carbocycles. The summed E-state index contributed by atoms with van der Waals surface area (Å²) >= 11 is 0. The summed E-state index contributed by atoms with van der Waals surface area (Å²) in [6.07, 6.45) is 3.04. The van der Waals surface area contributed by atoms with Gasteiger partial charge in [-0.1, -0.05) is 13.0 Å². The van der Waals surface area contributed by atoms with Gasteiger partial charge in [0.1, 0.15) is 0 Å². The van der Waals surface area contributed by atoms with Gasteiger partial charge < -0.3 is 10.2 Å². The van der Waals surface area contributed by atoms with Gasteiger partial charge >= 0.3 is 6.02 Å². The van der Waals surface area contributed by atoms with E-state index in [9.17, 15) is 0 Å². The Bertz CT molecular complexity index is 245. The van der Waals surface area contributed by atoms with Crippen molar-refractivity contribution in [2.45, 2.75) is 60.0 Å². The Morgan fingerprint density at radius 2 is 1.94 bits per heavy atom. The van der Waals surface area contributed by atoms with E-state index in [1.54, 1.807) is 0 Å². The molecule has 0 heterocycles. The van der Waals surface area contributed by atoms with Gasteiger partial charge in [-0.3, -0.25) is 0 Å². The predicted molar refractivity (Wildman–Crippen MR) is 69.1 cm³/mol. The second-order valence-corrected chi connectivity index (χ2v) is 4.33. The molecule has 0 aromatic carbocycles. The minimum absolute atomic E-state index is 0.207. The maximum Gasteiger partial charge on any atom is 0.312 e. The van der Waals surface area contributed by atoms with Crippen LogP contribution in [0.5, 0.6) is 0 Å². The van der Waals surface area contributed by atoms with Crippen LogP contribution < -0.4 is 10.8 Å². The SMILES string of the molecule is CCC=C(C)NOC(=NC(C)C)NC(C)C. The lowest BCUT2D eigenvalue weighted by atomic mass is 10.4. The highest BCUT2D eigenvalue weighted by atomic mass is 16.7. The maximum absolute atomic E-state index is 5.40. The standard InChI is InChI=1S/C12H25N3O/c1-7-8-11(6)15-16-12(13-9(2)3)14-10(4)5/h8-10,15H,7H2,1-6H3,(H,13,14). The van der Waals surface area contributed by atoms with Gasteiger partial charge in [0.2, 0.25) is 0 Å². The van der Waals surface area contributed by atoms with Gasteiger partial charge in [-0.15, -0.1) is 0 Å². The molecule has 4 heteroatoms. The van der Waals surface area contributed by atoms with Crippen molar-refractivity contribution in [1.29, 1.82) is 0 Å². The molecule has 0 bridgehead atoms. The topological polar surface area (TPSA) is 45.6 Å². The minimum atomic E-state index is 0.207. The number of amidine groups is 1. The fourth-order valence-electron chi connectivity index (χ4n) is 1.05. The molecule has 0 rings (SSSR count). The molecule has 0 radical (unpaired) electrons. The van der Waals surface area contributed by atoms with Crippen LogP contribution in [0.4, 0.5) is 0 Å². The first kappa shape index (κ1) is 14.8. The number of hydroxylamine groups is 1. The summed E-state index contributed by atoms with van der Waals surface area (Å²) in [5.41, 5.74) is 3.85. The van der Waals surface area contributed by atoms with Gasteiger partial charge in [0.05, 0.1) is 0 Å². The van der Waals surface area contributed by atoms with Crippen LogP contribution in [-0.2, 0) is 4.84 Å². The van der Waals surface area contributed by atoms with Crippen LogP contribution in [0.2, 0.25) is 0 Å². The van der Waals surface area contributed by atoms with Crippen LogP contribution in [0.25, 0.3) is 0 Å². The predicted octanol–water partition coefficient (Wildman–Crippen LogP) is 2.58. The first-order chi connectivity index (χ1) is 7.45. The Labute approximate surface area is 99.1 Å². The highest BCUT2D eigenvalue weighted by molar-refractivity contribution is 5.73. The normalized spacial score (nSPS) is 13.2. The largest absolute Gasteiger partial charge is 0.343 e. The zero-order chi connectivity index (χ0) is 12.6. The van der Waals surface area contributed by atoms with E-state index in [2.05, 4.69) is 28.8 Å². The summed E-state index contributed by atoms with van der Waals surface area (Å²) in [6, 6.07) is 1.04. The van der Waals surface area contributed by atoms with Crippen molar-refractivity contribution in [3.05, 3.63) is 11.8 Å². The zero-order valence-corrected chi connectivity index (χ0v) is 11.3. The fourth-order valence-corrected chi connectivity index (χ4v) is 1.05. The van der Waals surface area contributed by atoms with Crippen molar-refractivity contribution >= 4 is 6.02 Å². The van der Waals surface area contributed by atoms with Gasteiger partial charge in [0.15, 0.2) is 0 Å². The molecule has 0 amide bonds. The van der Waals surface area contributed by atoms with E-state index in [-0.39, 0.29) is 6.04 Å². The van der Waals surface area contributed by atoms with Gasteiger partial charge in [-0.05, 0) is 41.0 Å². The molecule has 0 atom stereocenters. The lowest BCUT2D eigenvalue weighted by molar-refractivity contribution is 0.198. The Morgan fingerprint density at radius 3 is 2.38 bits per heavy atom. The zero-order valence-electron chi connectivity index (χ0n) is 11.3. The molecule has 94 valence electrons. The number of nitrogens with one attached hydrogen (secondary N) is 2. The van der Waals surface area contributed by atoms with E-state index in [1.807, 2.05) is 34.6 Å². The number of hydrogen-bond acceptors (Lipinski definition) is 3. The Hall–Kier alpha value is -1.19. The average Bonchev–Trinajstić information content (AvgIpc) is 2.13. The summed E-state index contributed by atoms with van der Waals surface area (Å²) in [4.78, 5) is 9.74. The summed E-state index contributed by atoms with van der Waals surface area (Å²) in [7, 11) is 0. The van der Waals surface area contributed by atoms with Gasteiger partial charge in [-0.2, -0.15) is 0 Å². The first-order valence-electron chi connectivity index (χ1n) is 5.89. The van der Waals surface area contributed by atoms with E-state index in [4.69, 9.17) is 4.84 Å². The summed E-state index contributed by atoms with van der Waals surface area (Å²) in [5.74, 6) is 0. The number of allylic oxidation sites excluding steroid dienone is 2. The van der Waals surface area contributed by atoms with Crippen molar-refractivity contribution in [1.82, 2.24) is 10.8 Å². The maximum atomic E-state index is 5.40. The van der Waals surface area contributed by atoms with E-state index in [0.717, 1.165) is 12.1 Å². The molecule has 2 N–H and O–H groups in total. The quantitative estimate of drug-likeness (QED) is 0.431. The highest BCUT2D eigenvalue weighted by Crippen LogP contribution is 1.93. The van der Waals surface area contributed by atoms with Crippen LogP contribution in [0.15, 0.2) is 16.8 Å². The highest BCUT2D eigenvalue weighted by Gasteiger charge is 2.04. The molecule has 0 aliphatic carbocycles. The number of rotatable bonds is 5. The third-order valence-corrected chi connectivity index (χ3v) is 1.61. The van der Waals surface area contributed by atoms with Crippen molar-refractivity contribution in [2.24, 2.45) is 4.99 Å². The van der Waals surface area contributed by atoms with E-state index < -0.39 is 0 Å². The molecule has 0 aromatic rings. The third-order valence-electron chi connectivity index (χ3n) is 1.61. The summed E-state index contributed by atoms with van der Waals surface area (Å²) in [5, 5.41) is 3.15. The third kappa shape index (κ3) is 8.15. The Balaban J connectivity index is 4.28. The van der Waals surface area contributed by atoms with Crippen LogP contribution >= 0.6 is 0 Å². The Morgan fingerprint density at radius 1 is 1.31 bits per heavy atom. The van der Waals surface area contributed by atoms with Crippen LogP contribution in [0.1, 0.15) is 48.0 Å². The molecule has 0 saturated heterocycles. The van der Waals surface area contributed by atoms with Crippen LogP contribution in [-0.4, -0.2) is 18.1 Å². The number of nitrogens with zero attached hydrogens (tertiary/aromatic N) is 1. The minimum Gasteiger partial charge on any atom is -0.343 e. The average molecular weight is 227 g/mol. The molecule has 0 aliphatic heterocycles. The molecule has 0 aromatic heterocycles. The van der Waals surface area contributed by atoms with Gasteiger partial charge in [-0.25, -0.2) is 10.5 Å². The van der Waals surface area contributed by atoms with E-state index in [1.165, 1.54) is 0 Å². The monoisotopic (exact) mass is 227 g/mol. The van der Waals surface area contributed by atoms with E-state index >= 15 is 0 Å². The van der Waals surface area contributed by atoms with Crippen LogP contribution in [0, 0.1) is 0 Å². The molecule has 16 heavy (non-hydrogen) atoms. The molecule has 0 unspecified atom stereocenters. The van der Waals surface area contributed by atoms with Crippen molar-refractivity contribution in [3.63, 3.8) is 0 Å². The number of hydrogen-bond donors (Lipinski definition) is 2. The summed E-state index contributed by atoms with van der Waals surface area (Å²) < 4.78 is 0. The van der Waals surface area contributed by atoms with Gasteiger partial charge in [0.25, 0.3) is 0 Å². The molecular formula is C12H25N3O. The smallest absolute Gasteiger partial charge is 0.312 e. The lowest BCUT2D eigenvalue weighted by Gasteiger charge is -2.15. The number of aliphatic imine (C=N–C) groups is 1. The molecular weight excluding hydrogens is 202 g/mol. The van der Waals surface area contributed by atoms with E-state index in [0.29, 0.717) is 12.1 Å².